The highest BCUT2D eigenvalue weighted by Gasteiger charge is 2.24. The molecule has 1 aromatic rings. The first kappa shape index (κ1) is 15.3. The Morgan fingerprint density at radius 1 is 1.44 bits per heavy atom. The number of esters is 1. The second kappa shape index (κ2) is 6.12. The van der Waals surface area contributed by atoms with Crippen LogP contribution in [0.4, 0.5) is 8.78 Å². The number of carbonyl (C=O) groups excluding carboxylic acids is 1. The first-order chi connectivity index (χ1) is 6.97. The molecule has 0 radical (unpaired) electrons. The topological polar surface area (TPSA) is 52.3 Å². The molecule has 7 heteroatoms. The summed E-state index contributed by atoms with van der Waals surface area (Å²) in [4.78, 5) is 11.0. The summed E-state index contributed by atoms with van der Waals surface area (Å²) in [7, 11) is 1.09. The van der Waals surface area contributed by atoms with Gasteiger partial charge in [-0.1, -0.05) is 15.9 Å². The molecule has 0 amide bonds. The Hall–Kier alpha value is -0.720. The summed E-state index contributed by atoms with van der Waals surface area (Å²) < 4.78 is 31.1. The average molecular weight is 317 g/mol. The van der Waals surface area contributed by atoms with Crippen molar-refractivity contribution in [2.45, 2.75) is 6.04 Å². The standard InChI is InChI=1S/C9H8BrF2NO2.ClH/c1-15-9(14)8(13)7-5(11)2-4(10)3-6(7)12;/h2-3,8H,13H2,1H3;1H/t8-;/m1./s1. The van der Waals surface area contributed by atoms with Gasteiger partial charge in [-0.05, 0) is 12.1 Å². The molecule has 0 aliphatic heterocycles. The number of methoxy groups -OCH3 is 1. The third kappa shape index (κ3) is 3.13. The summed E-state index contributed by atoms with van der Waals surface area (Å²) in [6, 6.07) is 0.603. The minimum atomic E-state index is -1.46. The van der Waals surface area contributed by atoms with Gasteiger partial charge in [-0.3, -0.25) is 4.79 Å². The number of rotatable bonds is 2. The van der Waals surface area contributed by atoms with Crippen LogP contribution in [0, 0.1) is 11.6 Å². The van der Waals surface area contributed by atoms with E-state index < -0.39 is 29.2 Å². The molecule has 0 unspecified atom stereocenters. The van der Waals surface area contributed by atoms with Gasteiger partial charge in [0.2, 0.25) is 0 Å². The van der Waals surface area contributed by atoms with Crippen LogP contribution in [-0.4, -0.2) is 13.1 Å². The van der Waals surface area contributed by atoms with Crippen LogP contribution >= 0.6 is 28.3 Å². The Morgan fingerprint density at radius 3 is 2.25 bits per heavy atom. The zero-order valence-electron chi connectivity index (χ0n) is 8.17. The quantitative estimate of drug-likeness (QED) is 0.852. The number of hydrogen-bond donors (Lipinski definition) is 1. The molecule has 0 bridgehead atoms. The number of nitrogens with two attached hydrogens (primary N) is 1. The summed E-state index contributed by atoms with van der Waals surface area (Å²) in [5.41, 5.74) is 4.84. The van der Waals surface area contributed by atoms with E-state index in [-0.39, 0.29) is 16.9 Å². The van der Waals surface area contributed by atoms with Crippen molar-refractivity contribution in [3.63, 3.8) is 0 Å². The van der Waals surface area contributed by atoms with Crippen molar-refractivity contribution in [3.05, 3.63) is 33.8 Å². The molecule has 2 N–H and O–H groups in total. The van der Waals surface area contributed by atoms with Crippen LogP contribution in [0.15, 0.2) is 16.6 Å². The van der Waals surface area contributed by atoms with Crippen LogP contribution in [0.5, 0.6) is 0 Å². The third-order valence-electron chi connectivity index (χ3n) is 1.81. The smallest absolute Gasteiger partial charge is 0.327 e. The third-order valence-corrected chi connectivity index (χ3v) is 2.27. The summed E-state index contributed by atoms with van der Waals surface area (Å²) >= 11 is 2.91. The molecule has 0 aliphatic rings. The van der Waals surface area contributed by atoms with E-state index in [0.29, 0.717) is 0 Å². The molecule has 0 saturated heterocycles. The van der Waals surface area contributed by atoms with E-state index in [0.717, 1.165) is 19.2 Å². The highest BCUT2D eigenvalue weighted by atomic mass is 79.9. The Bertz CT molecular complexity index is 380. The second-order valence-corrected chi connectivity index (χ2v) is 3.70. The average Bonchev–Trinajstić information content (AvgIpc) is 2.14. The van der Waals surface area contributed by atoms with Crippen LogP contribution in [0.25, 0.3) is 0 Å². The molecular formula is C9H9BrClF2NO2. The summed E-state index contributed by atoms with van der Waals surface area (Å²) in [5, 5.41) is 0. The number of ether oxygens (including phenoxy) is 1. The fourth-order valence-corrected chi connectivity index (χ4v) is 1.50. The Labute approximate surface area is 105 Å². The van der Waals surface area contributed by atoms with Gasteiger partial charge in [0.05, 0.1) is 12.7 Å². The predicted octanol–water partition coefficient (Wildman–Crippen LogP) is 2.32. The highest BCUT2D eigenvalue weighted by molar-refractivity contribution is 9.10. The fourth-order valence-electron chi connectivity index (χ4n) is 1.10. The van der Waals surface area contributed by atoms with Gasteiger partial charge in [0.1, 0.15) is 17.7 Å². The van der Waals surface area contributed by atoms with Crippen LogP contribution < -0.4 is 5.73 Å². The van der Waals surface area contributed by atoms with Crippen LogP contribution in [0.3, 0.4) is 0 Å². The minimum Gasteiger partial charge on any atom is -0.468 e. The lowest BCUT2D eigenvalue weighted by atomic mass is 10.1. The summed E-state index contributed by atoms with van der Waals surface area (Å²) in [6.07, 6.45) is 0. The molecule has 1 rings (SSSR count). The van der Waals surface area contributed by atoms with E-state index in [1.54, 1.807) is 0 Å². The lowest BCUT2D eigenvalue weighted by Crippen LogP contribution is -2.24. The van der Waals surface area contributed by atoms with E-state index in [4.69, 9.17) is 5.73 Å². The number of hydrogen-bond acceptors (Lipinski definition) is 3. The van der Waals surface area contributed by atoms with Gasteiger partial charge in [0.25, 0.3) is 0 Å². The van der Waals surface area contributed by atoms with Crippen molar-refractivity contribution >= 4 is 34.3 Å². The summed E-state index contributed by atoms with van der Waals surface area (Å²) in [5.74, 6) is -2.67. The van der Waals surface area contributed by atoms with E-state index in [1.165, 1.54) is 0 Å². The lowest BCUT2D eigenvalue weighted by molar-refractivity contribution is -0.142. The number of carbonyl (C=O) groups is 1. The summed E-state index contributed by atoms with van der Waals surface area (Å²) in [6.45, 7) is 0. The molecule has 0 fully saturated rings. The van der Waals surface area contributed by atoms with Crippen molar-refractivity contribution in [1.29, 1.82) is 0 Å². The van der Waals surface area contributed by atoms with Gasteiger partial charge < -0.3 is 10.5 Å². The SMILES string of the molecule is COC(=O)[C@H](N)c1c(F)cc(Br)cc1F.Cl. The molecule has 90 valence electrons. The van der Waals surface area contributed by atoms with Crippen molar-refractivity contribution in [2.24, 2.45) is 5.73 Å². The zero-order chi connectivity index (χ0) is 11.6. The zero-order valence-corrected chi connectivity index (χ0v) is 10.6. The molecule has 0 spiro atoms. The first-order valence-electron chi connectivity index (χ1n) is 3.95. The van der Waals surface area contributed by atoms with Gasteiger partial charge in [-0.25, -0.2) is 8.78 Å². The number of halogens is 4. The maximum atomic E-state index is 13.3. The van der Waals surface area contributed by atoms with Gasteiger partial charge in [-0.15, -0.1) is 12.4 Å². The van der Waals surface area contributed by atoms with Gasteiger partial charge in [0, 0.05) is 4.47 Å². The van der Waals surface area contributed by atoms with Crippen LogP contribution in [0.2, 0.25) is 0 Å². The van der Waals surface area contributed by atoms with Crippen molar-refractivity contribution in [3.8, 4) is 0 Å². The first-order valence-corrected chi connectivity index (χ1v) is 4.74. The second-order valence-electron chi connectivity index (χ2n) is 2.78. The Balaban J connectivity index is 0.00000225. The Morgan fingerprint density at radius 2 is 1.88 bits per heavy atom. The molecule has 0 aromatic heterocycles. The molecular weight excluding hydrogens is 307 g/mol. The predicted molar refractivity (Wildman–Crippen MR) is 60.3 cm³/mol. The normalized spacial score (nSPS) is 11.6. The number of benzene rings is 1. The molecule has 16 heavy (non-hydrogen) atoms. The molecule has 0 heterocycles. The molecule has 3 nitrogen and oxygen atoms in total. The monoisotopic (exact) mass is 315 g/mol. The molecule has 1 aromatic carbocycles. The van der Waals surface area contributed by atoms with Crippen molar-refractivity contribution in [2.75, 3.05) is 7.11 Å². The molecule has 0 aliphatic carbocycles. The maximum absolute atomic E-state index is 13.3. The fraction of sp³-hybridized carbons (Fsp3) is 0.222. The van der Waals surface area contributed by atoms with Crippen LogP contribution in [-0.2, 0) is 9.53 Å². The van der Waals surface area contributed by atoms with E-state index in [9.17, 15) is 13.6 Å². The van der Waals surface area contributed by atoms with Gasteiger partial charge >= 0.3 is 5.97 Å². The van der Waals surface area contributed by atoms with Gasteiger partial charge in [-0.2, -0.15) is 0 Å². The van der Waals surface area contributed by atoms with E-state index in [2.05, 4.69) is 20.7 Å². The maximum Gasteiger partial charge on any atom is 0.327 e. The van der Waals surface area contributed by atoms with Crippen molar-refractivity contribution < 1.29 is 18.3 Å². The minimum absolute atomic E-state index is 0. The molecule has 0 saturated carbocycles. The van der Waals surface area contributed by atoms with Gasteiger partial charge in [0.15, 0.2) is 0 Å². The molecule has 1 atom stereocenters. The largest absolute Gasteiger partial charge is 0.468 e. The van der Waals surface area contributed by atoms with E-state index in [1.807, 2.05) is 0 Å². The highest BCUT2D eigenvalue weighted by Crippen LogP contribution is 2.24. The van der Waals surface area contributed by atoms with Crippen molar-refractivity contribution in [1.82, 2.24) is 0 Å². The van der Waals surface area contributed by atoms with Crippen LogP contribution in [0.1, 0.15) is 11.6 Å². The lowest BCUT2D eigenvalue weighted by Gasteiger charge is -2.11. The Kier molecular flexibility index (Phi) is 5.85. The van der Waals surface area contributed by atoms with E-state index >= 15 is 0 Å².